The highest BCUT2D eigenvalue weighted by atomic mass is 79.9. The van der Waals surface area contributed by atoms with Crippen LogP contribution in [-0.2, 0) is 0 Å². The molecule has 0 aromatic heterocycles. The van der Waals surface area contributed by atoms with Crippen molar-refractivity contribution in [2.24, 2.45) is 22.9 Å². The van der Waals surface area contributed by atoms with E-state index in [1.165, 1.54) is 65.9 Å². The van der Waals surface area contributed by atoms with Crippen molar-refractivity contribution in [3.05, 3.63) is 258 Å². The van der Waals surface area contributed by atoms with E-state index < -0.39 is 168 Å². The fourth-order valence-corrected chi connectivity index (χ4v) is 10.4. The maximum absolute atomic E-state index is 14.5. The van der Waals surface area contributed by atoms with Gasteiger partial charge in [-0.05, 0) is 185 Å². The van der Waals surface area contributed by atoms with Crippen molar-refractivity contribution in [2.45, 2.75) is 76.8 Å². The molecule has 0 heterocycles. The summed E-state index contributed by atoms with van der Waals surface area (Å²) in [6, 6.07) is 28.1. The molecule has 4 amide bonds. The number of nitro benzene ring substituents is 2. The molecule has 28 nitrogen and oxygen atoms in total. The van der Waals surface area contributed by atoms with Gasteiger partial charge in [-0.3, -0.25) is 39.4 Å². The van der Waals surface area contributed by atoms with Crippen LogP contribution < -0.4 is 72.0 Å². The van der Waals surface area contributed by atoms with Gasteiger partial charge in [-0.1, -0.05) is 15.9 Å². The third kappa shape index (κ3) is 43.5. The Morgan fingerprint density at radius 3 is 1.14 bits per heavy atom. The number of hydrogen-bond acceptors (Lipinski definition) is 22. The summed E-state index contributed by atoms with van der Waals surface area (Å²) in [6.07, 6.45) is -12.8. The minimum Gasteiger partial charge on any atom is -0.508 e. The average molecular weight is 2050 g/mol. The first kappa shape index (κ1) is 116. The number of aliphatic hydroxyl groups is 1. The molecule has 0 fully saturated rings. The number of carbonyl (C=O) groups is 4. The Kier molecular flexibility index (Phi) is 49.9. The van der Waals surface area contributed by atoms with Crippen LogP contribution in [0.5, 0.6) is 51.7 Å². The van der Waals surface area contributed by atoms with E-state index in [-0.39, 0.29) is 73.0 Å². The number of ether oxygens (including phenoxy) is 7. The van der Waals surface area contributed by atoms with Crippen LogP contribution in [0.1, 0.15) is 98.4 Å². The number of nitro groups is 2. The first-order valence-corrected chi connectivity index (χ1v) is 39.4. The van der Waals surface area contributed by atoms with Gasteiger partial charge in [0.2, 0.25) is 11.6 Å². The lowest BCUT2D eigenvalue weighted by Crippen LogP contribution is -2.30. The number of phenols is 2. The molecule has 0 atom stereocenters. The normalized spacial score (nSPS) is 10.7. The summed E-state index contributed by atoms with van der Waals surface area (Å²) in [5.41, 5.74) is 17.1. The predicted octanol–water partition coefficient (Wildman–Crippen LogP) is 19.6. The quantitative estimate of drug-likeness (QED) is 0.00452. The highest BCUT2D eigenvalue weighted by Crippen LogP contribution is 2.33. The van der Waals surface area contributed by atoms with Gasteiger partial charge in [0.1, 0.15) is 103 Å². The number of nitrogens with one attached hydrogen (secondary N) is 1. The van der Waals surface area contributed by atoms with E-state index in [0.717, 1.165) is 103 Å². The van der Waals surface area contributed by atoms with Crippen molar-refractivity contribution in [3.63, 3.8) is 0 Å². The van der Waals surface area contributed by atoms with Crippen LogP contribution in [0.25, 0.3) is 0 Å². The van der Waals surface area contributed by atoms with E-state index >= 15 is 0 Å². The predicted molar refractivity (Wildman–Crippen MR) is 441 cm³/mol. The largest absolute Gasteiger partial charge is 0.573 e. The summed E-state index contributed by atoms with van der Waals surface area (Å²) in [6.45, 7) is 1.33. The Bertz CT molecular complexity index is 5290. The third-order valence-corrected chi connectivity index (χ3v) is 16.6. The molecule has 134 heavy (non-hydrogen) atoms. The first-order chi connectivity index (χ1) is 62.7. The van der Waals surface area contributed by atoms with Crippen molar-refractivity contribution in [1.82, 2.24) is 0 Å². The molecule has 53 heteroatoms. The number of halogens is 25. The molecule has 0 saturated carbocycles. The van der Waals surface area contributed by atoms with Gasteiger partial charge in [0.15, 0.2) is 29.0 Å². The number of primary amides is 4. The van der Waals surface area contributed by atoms with Gasteiger partial charge in [-0.2, -0.15) is 14.0 Å². The number of benzene rings is 9. The molecule has 14 N–H and O–H groups in total. The number of aromatic hydroxyl groups is 2. The molecule has 732 valence electrons. The highest BCUT2D eigenvalue weighted by molar-refractivity contribution is 9.09. The number of hydrogen-bond donors (Lipinski definition) is 9. The Morgan fingerprint density at radius 1 is 0.433 bits per heavy atom. The summed E-state index contributed by atoms with van der Waals surface area (Å²) >= 11 is 14.1. The van der Waals surface area contributed by atoms with Crippen molar-refractivity contribution in [2.75, 3.05) is 79.1 Å². The maximum atomic E-state index is 14.5. The van der Waals surface area contributed by atoms with E-state index in [0.29, 0.717) is 92.3 Å². The SMILES string of the molecule is ClCCCCBr.FC(F)(F)Oc1ccc(OCCCCCl)cc1.N#Cc1c(F)ccc([N+](=O)[O-])c1F.NC(=O)c1c(F)c(N)cc(O)c1F.NC(=O)c1c(F)ccc(N(CCO)CCCCOc2ccc(OC(F)(F)F)cc2)c1F.NC(=O)c1c(F)ccc(NCCCCOc2ccc(OC(F)(F)F)cc2)c1F.NC(=O)c1c(F)ccc([N+](=O)[O-])c1F.Oc1ccc(OC(F)(F)F)cc1. The number of amides is 4. The Morgan fingerprint density at radius 2 is 0.776 bits per heavy atom. The molecule has 0 aliphatic carbocycles. The van der Waals surface area contributed by atoms with E-state index in [9.17, 15) is 141 Å². The maximum Gasteiger partial charge on any atom is 0.573 e. The second kappa shape index (κ2) is 57.5. The van der Waals surface area contributed by atoms with Gasteiger partial charge >= 0.3 is 36.8 Å². The molecular formula is C81H75BrCl2F22N10O18. The average Bonchev–Trinajstić information content (AvgIpc) is 0.819. The van der Waals surface area contributed by atoms with Gasteiger partial charge in [-0.25, -0.2) is 35.1 Å². The van der Waals surface area contributed by atoms with Crippen molar-refractivity contribution < 1.29 is 174 Å². The minimum absolute atomic E-state index is 0.0439. The highest BCUT2D eigenvalue weighted by Gasteiger charge is 2.35. The summed E-state index contributed by atoms with van der Waals surface area (Å²) in [5.74, 6) is -17.1. The number of nitrogen functional groups attached to an aromatic ring is 1. The zero-order valence-electron chi connectivity index (χ0n) is 68.3. The molecule has 0 aliphatic heterocycles. The summed E-state index contributed by atoms with van der Waals surface area (Å²) in [7, 11) is 0. The molecular weight excluding hydrogens is 1970 g/mol. The smallest absolute Gasteiger partial charge is 0.508 e. The van der Waals surface area contributed by atoms with E-state index in [2.05, 4.69) is 51.7 Å². The van der Waals surface area contributed by atoms with Crippen molar-refractivity contribution in [3.8, 4) is 57.8 Å². The van der Waals surface area contributed by atoms with E-state index in [1.807, 2.05) is 0 Å². The Balaban J connectivity index is 0.000000539. The molecule has 0 saturated heterocycles. The molecule has 0 unspecified atom stereocenters. The molecule has 9 aromatic carbocycles. The lowest BCUT2D eigenvalue weighted by Gasteiger charge is -2.25. The first-order valence-electron chi connectivity index (χ1n) is 37.2. The molecule has 0 aliphatic rings. The summed E-state index contributed by atoms with van der Waals surface area (Å²) in [4.78, 5) is 63.1. The van der Waals surface area contributed by atoms with Crippen LogP contribution in [0.3, 0.4) is 0 Å². The van der Waals surface area contributed by atoms with Crippen LogP contribution in [0.2, 0.25) is 0 Å². The molecule has 9 aromatic rings. The number of anilines is 3. The second-order valence-corrected chi connectivity index (χ2v) is 26.8. The fourth-order valence-electron chi connectivity index (χ4n) is 9.62. The zero-order valence-corrected chi connectivity index (χ0v) is 71.3. The number of alkyl halides is 15. The van der Waals surface area contributed by atoms with Gasteiger partial charge in [0.05, 0.1) is 53.3 Å². The number of nitrogens with zero attached hydrogens (tertiary/aromatic N) is 4. The number of carbonyl (C=O) groups excluding carboxylic acids is 4. The topological polar surface area (TPSA) is 449 Å². The van der Waals surface area contributed by atoms with Crippen molar-refractivity contribution >= 4 is 91.2 Å². The lowest BCUT2D eigenvalue weighted by molar-refractivity contribution is -0.387. The lowest BCUT2D eigenvalue weighted by atomic mass is 10.1. The van der Waals surface area contributed by atoms with Gasteiger partial charge in [0, 0.05) is 54.9 Å². The molecule has 0 spiro atoms. The fraction of sp³-hybridized carbons (Fsp3) is 0.272. The van der Waals surface area contributed by atoms with Gasteiger partial charge < -0.3 is 87.4 Å². The van der Waals surface area contributed by atoms with Crippen LogP contribution in [-0.4, -0.2) is 137 Å². The van der Waals surface area contributed by atoms with Gasteiger partial charge in [0.25, 0.3) is 23.6 Å². The third-order valence-electron chi connectivity index (χ3n) is 15.5. The van der Waals surface area contributed by atoms with Gasteiger partial charge in [-0.15, -0.1) is 75.9 Å². The number of unbranched alkanes of at least 4 members (excludes halogenated alkanes) is 4. The number of nitriles is 1. The molecule has 0 bridgehead atoms. The monoisotopic (exact) mass is 2040 g/mol. The number of nitrogens with two attached hydrogens (primary N) is 5. The van der Waals surface area contributed by atoms with Crippen LogP contribution in [0.15, 0.2) is 152 Å². The molecule has 9 rings (SSSR count). The van der Waals surface area contributed by atoms with E-state index in [4.69, 9.17) is 70.1 Å². The number of aliphatic hydroxyl groups excluding tert-OH is 1. The molecule has 0 radical (unpaired) electrons. The Hall–Kier alpha value is -13.8. The minimum atomic E-state index is -4.77. The standard InChI is InChI=1S/C20H21F5N2O4.C18H17F5N2O3.C11H12ClF3O2.C7H5F3O2.C7H4F2N2O3.C7H2F2N2O2.C7H6F2N2O2.C4H8BrCl/c21-15-7-8-16(18(22)17(15)19(26)29)27(10-11-28)9-1-2-12-30-13-3-5-14(6-4-13)31-20(23,24)25;19-13-7-8-14(16(20)15(13)17(24)26)25-9-1-2-10-27-11-3-5-12(6-4-11)28-18(21,22)23;12-7-1-2-8-16-9-3-5-10(6-4-9)17-11(13,14)15;8-7(9,10)12-6-3-1-5(11)2-4-6;8-3-1-2-4(11(13)14)6(9)5(3)7(10)12;8-5-1-2-6(11(12)13)7(9)4(5)3-10;8-5-2(10)1-3(12)6(9)4(5)7(11)13;5-3-1-2-4-6/h3-8,28H,1-2,9-12H2,(H2,26,29);3-8,25H,1-2,9-10H2,(H2,24,26);3-6H,1-2,7-8H2;1-4,11H;1-2H,(H2,10,12);1-2H;1,12H,10H2,(H2,11,13);1-4H2. The zero-order chi connectivity index (χ0) is 102. The van der Waals surface area contributed by atoms with Crippen LogP contribution in [0.4, 0.5) is 125 Å². The van der Waals surface area contributed by atoms with E-state index in [1.54, 1.807) is 0 Å². The number of phenolic OH excluding ortho intramolecular Hbond substituents is 2. The number of rotatable bonds is 34. The van der Waals surface area contributed by atoms with Crippen LogP contribution >= 0.6 is 39.1 Å². The van der Waals surface area contributed by atoms with Crippen LogP contribution in [0, 0.1) is 89.7 Å². The summed E-state index contributed by atoms with van der Waals surface area (Å²) < 4.78 is 306. The summed E-state index contributed by atoms with van der Waals surface area (Å²) in [5, 5.41) is 59.2. The second-order valence-electron chi connectivity index (χ2n) is 25.3. The van der Waals surface area contributed by atoms with Crippen molar-refractivity contribution in [1.29, 1.82) is 5.26 Å². The Labute approximate surface area is 761 Å².